The Bertz CT molecular complexity index is 949. The highest BCUT2D eigenvalue weighted by Crippen LogP contribution is 2.37. The minimum absolute atomic E-state index is 0.0691. The number of phenolic OH excluding ortho intramolecular Hbond substituents is 1. The highest BCUT2D eigenvalue weighted by atomic mass is 16.3. The second kappa shape index (κ2) is 7.65. The molecule has 0 radical (unpaired) electrons. The van der Waals surface area contributed by atoms with Crippen LogP contribution in [-0.2, 0) is 9.59 Å². The summed E-state index contributed by atoms with van der Waals surface area (Å²) >= 11 is 0. The standard InChI is InChI=1S/C23H28N4O3/c1-16(25-12-14-26(15-13-25)17-8-10-18(28)11-9-17)21(29)27-20-7-5-4-6-19(20)24-22(30)23(27,2)3/h4-11,16,28H,12-15H2,1-3H3,(H,24,30)/t16-/m1/s1. The van der Waals surface area contributed by atoms with Crippen LogP contribution in [0, 0.1) is 0 Å². The van der Waals surface area contributed by atoms with E-state index in [1.54, 1.807) is 30.9 Å². The first-order valence-electron chi connectivity index (χ1n) is 10.3. The summed E-state index contributed by atoms with van der Waals surface area (Å²) in [5, 5.41) is 12.4. The molecule has 1 fully saturated rings. The minimum Gasteiger partial charge on any atom is -0.508 e. The lowest BCUT2D eigenvalue weighted by Gasteiger charge is -2.45. The molecule has 2 N–H and O–H groups in total. The van der Waals surface area contributed by atoms with Crippen molar-refractivity contribution in [2.45, 2.75) is 32.4 Å². The van der Waals surface area contributed by atoms with Gasteiger partial charge in [-0.2, -0.15) is 0 Å². The molecule has 2 aromatic rings. The van der Waals surface area contributed by atoms with Crippen LogP contribution in [-0.4, -0.2) is 59.6 Å². The minimum atomic E-state index is -0.965. The van der Waals surface area contributed by atoms with Crippen molar-refractivity contribution in [2.24, 2.45) is 0 Å². The molecule has 1 atom stereocenters. The molecule has 7 nitrogen and oxygen atoms in total. The number of benzene rings is 2. The van der Waals surface area contributed by atoms with Crippen molar-refractivity contribution in [1.82, 2.24) is 4.90 Å². The Hall–Kier alpha value is -3.06. The second-order valence-corrected chi connectivity index (χ2v) is 8.42. The van der Waals surface area contributed by atoms with Gasteiger partial charge >= 0.3 is 0 Å². The van der Waals surface area contributed by atoms with Gasteiger partial charge in [-0.1, -0.05) is 12.1 Å². The number of rotatable bonds is 3. The average molecular weight is 409 g/mol. The van der Waals surface area contributed by atoms with Gasteiger partial charge in [0.15, 0.2) is 0 Å². The monoisotopic (exact) mass is 408 g/mol. The number of aromatic hydroxyl groups is 1. The summed E-state index contributed by atoms with van der Waals surface area (Å²) in [5.41, 5.74) is 1.50. The number of fused-ring (bicyclic) bond motifs is 1. The van der Waals surface area contributed by atoms with E-state index in [2.05, 4.69) is 15.1 Å². The molecule has 0 spiro atoms. The molecule has 30 heavy (non-hydrogen) atoms. The van der Waals surface area contributed by atoms with Gasteiger partial charge in [0.1, 0.15) is 11.3 Å². The SMILES string of the molecule is C[C@H](C(=O)N1c2ccccc2NC(=O)C1(C)C)N1CCN(c2ccc(O)cc2)CC1. The first-order valence-corrected chi connectivity index (χ1v) is 10.3. The van der Waals surface area contributed by atoms with Gasteiger partial charge in [-0.15, -0.1) is 0 Å². The number of carbonyl (C=O) groups is 2. The zero-order chi connectivity index (χ0) is 21.5. The third-order valence-corrected chi connectivity index (χ3v) is 6.16. The molecule has 0 bridgehead atoms. The van der Waals surface area contributed by atoms with E-state index in [0.29, 0.717) is 5.69 Å². The number of amides is 2. The zero-order valence-electron chi connectivity index (χ0n) is 17.6. The summed E-state index contributed by atoms with van der Waals surface area (Å²) < 4.78 is 0. The Morgan fingerprint density at radius 3 is 2.33 bits per heavy atom. The molecule has 0 unspecified atom stereocenters. The normalized spacial score (nSPS) is 19.8. The summed E-state index contributed by atoms with van der Waals surface area (Å²) in [6.45, 7) is 8.57. The van der Waals surface area contributed by atoms with Crippen molar-refractivity contribution in [3.8, 4) is 5.75 Å². The zero-order valence-corrected chi connectivity index (χ0v) is 17.6. The van der Waals surface area contributed by atoms with Crippen LogP contribution < -0.4 is 15.1 Å². The van der Waals surface area contributed by atoms with Crippen molar-refractivity contribution < 1.29 is 14.7 Å². The summed E-state index contributed by atoms with van der Waals surface area (Å²) in [7, 11) is 0. The van der Waals surface area contributed by atoms with E-state index in [1.165, 1.54) is 0 Å². The van der Waals surface area contributed by atoms with Gasteiger partial charge in [-0.3, -0.25) is 19.4 Å². The maximum atomic E-state index is 13.6. The third kappa shape index (κ3) is 3.50. The Labute approximate surface area is 176 Å². The van der Waals surface area contributed by atoms with Gasteiger partial charge in [0.25, 0.3) is 0 Å². The van der Waals surface area contributed by atoms with Crippen molar-refractivity contribution in [3.63, 3.8) is 0 Å². The summed E-state index contributed by atoms with van der Waals surface area (Å²) in [6, 6.07) is 14.3. The largest absolute Gasteiger partial charge is 0.508 e. The van der Waals surface area contributed by atoms with Crippen molar-refractivity contribution in [2.75, 3.05) is 41.3 Å². The number of piperazine rings is 1. The van der Waals surface area contributed by atoms with Crippen LogP contribution in [0.15, 0.2) is 48.5 Å². The molecular formula is C23H28N4O3. The van der Waals surface area contributed by atoms with Gasteiger partial charge in [-0.25, -0.2) is 0 Å². The molecule has 0 saturated carbocycles. The average Bonchev–Trinajstić information content (AvgIpc) is 2.74. The molecule has 2 heterocycles. The Kier molecular flexibility index (Phi) is 5.15. The fourth-order valence-electron chi connectivity index (χ4n) is 4.22. The van der Waals surface area contributed by atoms with E-state index >= 15 is 0 Å². The lowest BCUT2D eigenvalue weighted by atomic mass is 9.95. The van der Waals surface area contributed by atoms with Gasteiger partial charge < -0.3 is 15.3 Å². The molecule has 0 aromatic heterocycles. The van der Waals surface area contributed by atoms with Crippen molar-refractivity contribution in [3.05, 3.63) is 48.5 Å². The number of phenols is 1. The van der Waals surface area contributed by atoms with Crippen LogP contribution in [0.25, 0.3) is 0 Å². The molecule has 2 aliphatic rings. The maximum absolute atomic E-state index is 13.6. The fourth-order valence-corrected chi connectivity index (χ4v) is 4.22. The molecule has 1 saturated heterocycles. The van der Waals surface area contributed by atoms with E-state index in [1.807, 2.05) is 43.3 Å². The number of carbonyl (C=O) groups excluding carboxylic acids is 2. The van der Waals surface area contributed by atoms with E-state index < -0.39 is 5.54 Å². The van der Waals surface area contributed by atoms with Gasteiger partial charge in [-0.05, 0) is 57.2 Å². The van der Waals surface area contributed by atoms with Gasteiger partial charge in [0.05, 0.1) is 17.4 Å². The maximum Gasteiger partial charge on any atom is 0.250 e. The van der Waals surface area contributed by atoms with Crippen LogP contribution in [0.1, 0.15) is 20.8 Å². The second-order valence-electron chi connectivity index (χ2n) is 8.42. The first-order chi connectivity index (χ1) is 14.3. The lowest BCUT2D eigenvalue weighted by molar-refractivity contribution is -0.129. The smallest absolute Gasteiger partial charge is 0.250 e. The molecule has 2 aromatic carbocycles. The Balaban J connectivity index is 1.50. The van der Waals surface area contributed by atoms with Crippen LogP contribution in [0.5, 0.6) is 5.75 Å². The van der Waals surface area contributed by atoms with Crippen LogP contribution in [0.3, 0.4) is 0 Å². The number of nitrogens with zero attached hydrogens (tertiary/aromatic N) is 3. The molecule has 2 amide bonds. The molecule has 0 aliphatic carbocycles. The molecule has 4 rings (SSSR count). The highest BCUT2D eigenvalue weighted by Gasteiger charge is 2.45. The van der Waals surface area contributed by atoms with Crippen LogP contribution in [0.4, 0.5) is 17.1 Å². The lowest BCUT2D eigenvalue weighted by Crippen LogP contribution is -2.63. The van der Waals surface area contributed by atoms with Crippen LogP contribution in [0.2, 0.25) is 0 Å². The number of nitrogens with one attached hydrogen (secondary N) is 1. The fraction of sp³-hybridized carbons (Fsp3) is 0.391. The number of para-hydroxylation sites is 2. The Morgan fingerprint density at radius 1 is 1.03 bits per heavy atom. The number of anilines is 3. The predicted molar refractivity (Wildman–Crippen MR) is 118 cm³/mol. The van der Waals surface area contributed by atoms with Crippen molar-refractivity contribution in [1.29, 1.82) is 0 Å². The molecule has 158 valence electrons. The first kappa shape index (κ1) is 20.2. The summed E-state index contributed by atoms with van der Waals surface area (Å²) in [6.07, 6.45) is 0. The summed E-state index contributed by atoms with van der Waals surface area (Å²) in [4.78, 5) is 32.3. The van der Waals surface area contributed by atoms with E-state index in [0.717, 1.165) is 37.6 Å². The molecular weight excluding hydrogens is 380 g/mol. The highest BCUT2D eigenvalue weighted by molar-refractivity contribution is 6.15. The molecule has 7 heteroatoms. The van der Waals surface area contributed by atoms with Gasteiger partial charge in [0.2, 0.25) is 11.8 Å². The quantitative estimate of drug-likeness (QED) is 0.817. The van der Waals surface area contributed by atoms with Crippen LogP contribution >= 0.6 is 0 Å². The number of hydrogen-bond donors (Lipinski definition) is 2. The van der Waals surface area contributed by atoms with E-state index in [-0.39, 0.29) is 23.6 Å². The van der Waals surface area contributed by atoms with Crippen molar-refractivity contribution >= 4 is 28.9 Å². The van der Waals surface area contributed by atoms with Gasteiger partial charge in [0, 0.05) is 31.9 Å². The van der Waals surface area contributed by atoms with E-state index in [4.69, 9.17) is 0 Å². The topological polar surface area (TPSA) is 76.1 Å². The molecule has 2 aliphatic heterocycles. The summed E-state index contributed by atoms with van der Waals surface area (Å²) in [5.74, 6) is 0.00403. The van der Waals surface area contributed by atoms with E-state index in [9.17, 15) is 14.7 Å². The predicted octanol–water partition coefficient (Wildman–Crippen LogP) is 2.67. The number of hydrogen-bond acceptors (Lipinski definition) is 5. The third-order valence-electron chi connectivity index (χ3n) is 6.16. The Morgan fingerprint density at radius 2 is 1.67 bits per heavy atom.